The number of nitrogens with one attached hydrogen (secondary N) is 2. The van der Waals surface area contributed by atoms with E-state index in [1.165, 1.54) is 21.0 Å². The first kappa shape index (κ1) is 29.7. The Kier molecular flexibility index (Phi) is 9.72. The Labute approximate surface area is 211 Å². The van der Waals surface area contributed by atoms with Gasteiger partial charge in [0.05, 0.1) is 12.4 Å². The highest BCUT2D eigenvalue weighted by Gasteiger charge is 2.42. The minimum atomic E-state index is -4.41. The summed E-state index contributed by atoms with van der Waals surface area (Å²) in [7, 11) is 2.75. The van der Waals surface area contributed by atoms with E-state index in [9.17, 15) is 35.9 Å². The van der Waals surface area contributed by atoms with Gasteiger partial charge in [-0.05, 0) is 25.0 Å². The van der Waals surface area contributed by atoms with Gasteiger partial charge in [-0.25, -0.2) is 27.5 Å². The fourth-order valence-corrected chi connectivity index (χ4v) is 3.83. The summed E-state index contributed by atoms with van der Waals surface area (Å²) < 4.78 is 82.3. The topological polar surface area (TPSA) is 132 Å². The van der Waals surface area contributed by atoms with Crippen molar-refractivity contribution < 1.29 is 40.7 Å². The van der Waals surface area contributed by atoms with Gasteiger partial charge in [-0.1, -0.05) is 11.8 Å². The molecule has 1 atom stereocenters. The number of halogens is 6. The molecule has 0 aliphatic carbocycles. The Morgan fingerprint density at radius 2 is 1.89 bits per heavy atom. The van der Waals surface area contributed by atoms with Gasteiger partial charge in [0.25, 0.3) is 5.91 Å². The molecule has 1 aromatic carbocycles. The third kappa shape index (κ3) is 7.71. The second-order valence-electron chi connectivity index (χ2n) is 7.63. The third-order valence-electron chi connectivity index (χ3n) is 4.74. The second kappa shape index (κ2) is 12.1. The van der Waals surface area contributed by atoms with Crippen LogP contribution in [0.5, 0.6) is 5.88 Å². The predicted molar refractivity (Wildman–Crippen MR) is 124 cm³/mol. The number of alkyl halides is 4. The summed E-state index contributed by atoms with van der Waals surface area (Å²) in [4.78, 5) is 35.9. The molecule has 2 aromatic rings. The van der Waals surface area contributed by atoms with Crippen LogP contribution in [0, 0.1) is 11.6 Å². The molecule has 9 nitrogen and oxygen atoms in total. The van der Waals surface area contributed by atoms with E-state index in [1.807, 2.05) is 0 Å². The maximum Gasteiger partial charge on any atom is 0.340 e. The Morgan fingerprint density at radius 3 is 2.43 bits per heavy atom. The highest BCUT2D eigenvalue weighted by Crippen LogP contribution is 2.32. The van der Waals surface area contributed by atoms with Crippen molar-refractivity contribution in [2.75, 3.05) is 26.0 Å². The molecule has 4 N–H and O–H groups in total. The number of amides is 2. The van der Waals surface area contributed by atoms with E-state index < -0.39 is 53.0 Å². The van der Waals surface area contributed by atoms with Gasteiger partial charge in [-0.15, -0.1) is 0 Å². The SMILES string of the molecule is C/N=C(/N)S[C@](C)(Cc1cc(NC(=O)c2cnc(OCC(F)(F)C(F)F)cn2)cc(F)c1F)C(=O)NC. The van der Waals surface area contributed by atoms with E-state index >= 15 is 0 Å². The quantitative estimate of drug-likeness (QED) is 0.235. The van der Waals surface area contributed by atoms with E-state index in [2.05, 4.69) is 30.3 Å². The van der Waals surface area contributed by atoms with Crippen LogP contribution >= 0.6 is 11.8 Å². The fourth-order valence-electron chi connectivity index (χ4n) is 2.85. The number of ether oxygens (including phenoxy) is 1. The highest BCUT2D eigenvalue weighted by molar-refractivity contribution is 8.15. The Morgan fingerprint density at radius 1 is 1.22 bits per heavy atom. The normalized spacial score (nSPS) is 13.7. The number of thioether (sulfide) groups is 1. The van der Waals surface area contributed by atoms with Gasteiger partial charge in [-0.2, -0.15) is 8.78 Å². The van der Waals surface area contributed by atoms with Crippen molar-refractivity contribution in [1.82, 2.24) is 15.3 Å². The number of aromatic nitrogens is 2. The molecule has 0 spiro atoms. The Bertz CT molecular complexity index is 1170. The van der Waals surface area contributed by atoms with Gasteiger partial charge in [0.1, 0.15) is 10.4 Å². The molecule has 2 amide bonds. The van der Waals surface area contributed by atoms with Crippen LogP contribution in [0.3, 0.4) is 0 Å². The van der Waals surface area contributed by atoms with Crippen LogP contribution in [0.1, 0.15) is 23.0 Å². The number of rotatable bonds is 10. The molecule has 37 heavy (non-hydrogen) atoms. The van der Waals surface area contributed by atoms with E-state index in [0.717, 1.165) is 30.2 Å². The molecule has 1 aromatic heterocycles. The average molecular weight is 553 g/mol. The summed E-state index contributed by atoms with van der Waals surface area (Å²) in [6, 6.07) is 1.80. The number of hydrogen-bond donors (Lipinski definition) is 3. The molecule has 2 rings (SSSR count). The van der Waals surface area contributed by atoms with Crippen LogP contribution in [0.2, 0.25) is 0 Å². The smallest absolute Gasteiger partial charge is 0.340 e. The molecule has 0 radical (unpaired) electrons. The van der Waals surface area contributed by atoms with Gasteiger partial charge in [0.15, 0.2) is 23.4 Å². The van der Waals surface area contributed by atoms with E-state index in [-0.39, 0.29) is 28.5 Å². The van der Waals surface area contributed by atoms with Crippen molar-refractivity contribution in [3.05, 3.63) is 47.4 Å². The second-order valence-corrected chi connectivity index (χ2v) is 9.15. The molecule has 0 saturated carbocycles. The van der Waals surface area contributed by atoms with Gasteiger partial charge in [0, 0.05) is 25.8 Å². The summed E-state index contributed by atoms with van der Waals surface area (Å²) in [5.41, 5.74) is 4.88. The lowest BCUT2D eigenvalue weighted by Crippen LogP contribution is -2.44. The van der Waals surface area contributed by atoms with Gasteiger partial charge >= 0.3 is 12.3 Å². The average Bonchev–Trinajstić information content (AvgIpc) is 2.85. The summed E-state index contributed by atoms with van der Waals surface area (Å²) in [5, 5.41) is 4.73. The lowest BCUT2D eigenvalue weighted by atomic mass is 9.98. The molecule has 16 heteroatoms. The largest absolute Gasteiger partial charge is 0.470 e. The van der Waals surface area contributed by atoms with Crippen LogP contribution in [-0.4, -0.2) is 64.7 Å². The summed E-state index contributed by atoms with van der Waals surface area (Å²) in [6.07, 6.45) is -2.73. The van der Waals surface area contributed by atoms with Crippen LogP contribution in [0.15, 0.2) is 29.5 Å². The van der Waals surface area contributed by atoms with Crippen LogP contribution in [0.25, 0.3) is 0 Å². The lowest BCUT2D eigenvalue weighted by Gasteiger charge is -2.27. The molecule has 0 fully saturated rings. The maximum atomic E-state index is 14.6. The van der Waals surface area contributed by atoms with Crippen molar-refractivity contribution in [2.24, 2.45) is 10.7 Å². The summed E-state index contributed by atoms with van der Waals surface area (Å²) >= 11 is 0.835. The number of aliphatic imine (C=N–C) groups is 1. The molecule has 0 aliphatic rings. The molecule has 202 valence electrons. The zero-order valence-electron chi connectivity index (χ0n) is 19.6. The summed E-state index contributed by atoms with van der Waals surface area (Å²) in [5.74, 6) is -9.01. The zero-order valence-corrected chi connectivity index (χ0v) is 20.4. The molecule has 0 aliphatic heterocycles. The molecule has 0 saturated heterocycles. The van der Waals surface area contributed by atoms with Crippen LogP contribution < -0.4 is 21.1 Å². The molecular weight excluding hydrogens is 530 g/mol. The number of nitrogens with two attached hydrogens (primary N) is 1. The number of amidine groups is 1. The maximum absolute atomic E-state index is 14.6. The highest BCUT2D eigenvalue weighted by atomic mass is 32.2. The Balaban J connectivity index is 2.22. The number of anilines is 1. The van der Waals surface area contributed by atoms with Gasteiger partial charge in [0.2, 0.25) is 11.8 Å². The summed E-state index contributed by atoms with van der Waals surface area (Å²) in [6.45, 7) is -0.209. The van der Waals surface area contributed by atoms with E-state index in [0.29, 0.717) is 6.07 Å². The third-order valence-corrected chi connectivity index (χ3v) is 5.91. The fraction of sp³-hybridized carbons (Fsp3) is 0.381. The first-order valence-electron chi connectivity index (χ1n) is 10.3. The standard InChI is InChI=1S/C21H22F6N6O3S/c1-20(18(35)29-2,37-19(28)30-3)6-10-4-11(5-12(22)15(10)23)33-16(34)13-7-32-14(8-31-13)36-9-21(26,27)17(24)25/h4-5,7-8,17H,6,9H2,1-3H3,(H2,28,30)(H,29,35)(H,33,34)/t20-/m1/s1. The number of hydrogen-bond acceptors (Lipinski definition) is 7. The molecular formula is C21H22F6N6O3S. The monoisotopic (exact) mass is 552 g/mol. The molecule has 0 bridgehead atoms. The first-order valence-corrected chi connectivity index (χ1v) is 11.1. The number of carbonyl (C=O) groups is 2. The van der Waals surface area contributed by atoms with Crippen molar-refractivity contribution in [3.8, 4) is 5.88 Å². The van der Waals surface area contributed by atoms with E-state index in [4.69, 9.17) is 5.73 Å². The minimum Gasteiger partial charge on any atom is -0.470 e. The number of nitrogens with zero attached hydrogens (tertiary/aromatic N) is 3. The van der Waals surface area contributed by atoms with Crippen LogP contribution in [-0.2, 0) is 11.2 Å². The van der Waals surface area contributed by atoms with Crippen LogP contribution in [0.4, 0.5) is 32.0 Å². The first-order chi connectivity index (χ1) is 17.2. The Hall–Kier alpha value is -3.56. The van der Waals surface area contributed by atoms with E-state index in [1.54, 1.807) is 0 Å². The number of benzene rings is 1. The number of carbonyl (C=O) groups excluding carboxylic acids is 2. The molecule has 1 heterocycles. The van der Waals surface area contributed by atoms with Crippen molar-refractivity contribution >= 4 is 34.4 Å². The predicted octanol–water partition coefficient (Wildman–Crippen LogP) is 3.01. The minimum absolute atomic E-state index is 0.0281. The molecule has 0 unspecified atom stereocenters. The lowest BCUT2D eigenvalue weighted by molar-refractivity contribution is -0.148. The van der Waals surface area contributed by atoms with Crippen molar-refractivity contribution in [2.45, 2.75) is 30.4 Å². The van der Waals surface area contributed by atoms with Gasteiger partial charge in [-0.3, -0.25) is 14.6 Å². The zero-order chi connectivity index (χ0) is 28.0. The van der Waals surface area contributed by atoms with Crippen molar-refractivity contribution in [1.29, 1.82) is 0 Å². The van der Waals surface area contributed by atoms with Crippen molar-refractivity contribution in [3.63, 3.8) is 0 Å². The van der Waals surface area contributed by atoms with Gasteiger partial charge < -0.3 is 21.1 Å².